The molecule has 0 saturated carbocycles. The molecule has 0 spiro atoms. The van der Waals surface area contributed by atoms with Gasteiger partial charge in [0.05, 0.1) is 7.11 Å². The van der Waals surface area contributed by atoms with Crippen LogP contribution >= 0.6 is 0 Å². The van der Waals surface area contributed by atoms with Gasteiger partial charge in [0.15, 0.2) is 11.5 Å². The summed E-state index contributed by atoms with van der Waals surface area (Å²) >= 11 is 0. The van der Waals surface area contributed by atoms with Gasteiger partial charge in [-0.15, -0.1) is 0 Å². The maximum atomic E-state index is 13.3. The van der Waals surface area contributed by atoms with Gasteiger partial charge in [-0.05, 0) is 42.3 Å². The van der Waals surface area contributed by atoms with Crippen LogP contribution in [0, 0.1) is 5.82 Å². The van der Waals surface area contributed by atoms with E-state index in [0.717, 1.165) is 0 Å². The Balaban J connectivity index is 2.00. The van der Waals surface area contributed by atoms with Crippen molar-refractivity contribution in [3.05, 3.63) is 59.4 Å². The van der Waals surface area contributed by atoms with Crippen LogP contribution in [0.3, 0.4) is 0 Å². The van der Waals surface area contributed by atoms with Crippen molar-refractivity contribution in [2.75, 3.05) is 13.7 Å². The van der Waals surface area contributed by atoms with Crippen molar-refractivity contribution in [2.45, 2.75) is 26.6 Å². The molecular weight excluding hydrogens is 361 g/mol. The van der Waals surface area contributed by atoms with Gasteiger partial charge in [-0.3, -0.25) is 0 Å². The zero-order valence-corrected chi connectivity index (χ0v) is 15.0. The molecule has 2 rings (SSSR count). The van der Waals surface area contributed by atoms with Crippen molar-refractivity contribution >= 4 is 6.03 Å². The van der Waals surface area contributed by atoms with Gasteiger partial charge in [-0.25, -0.2) is 9.18 Å². The largest absolute Gasteiger partial charge is 0.493 e. The van der Waals surface area contributed by atoms with Gasteiger partial charge >= 0.3 is 12.6 Å². The van der Waals surface area contributed by atoms with Gasteiger partial charge in [0, 0.05) is 19.6 Å². The molecule has 8 heteroatoms. The number of hydrogen-bond acceptors (Lipinski definition) is 3. The predicted molar refractivity (Wildman–Crippen MR) is 94.3 cm³/mol. The molecule has 0 aliphatic rings. The summed E-state index contributed by atoms with van der Waals surface area (Å²) in [6.45, 7) is -0.388. The fourth-order valence-corrected chi connectivity index (χ4v) is 2.49. The molecule has 5 nitrogen and oxygen atoms in total. The summed E-state index contributed by atoms with van der Waals surface area (Å²) in [7, 11) is 1.35. The fraction of sp³-hybridized carbons (Fsp3) is 0.316. The fourth-order valence-electron chi connectivity index (χ4n) is 2.49. The highest BCUT2D eigenvalue weighted by Crippen LogP contribution is 2.29. The Morgan fingerprint density at radius 1 is 1.15 bits per heavy atom. The van der Waals surface area contributed by atoms with E-state index >= 15 is 0 Å². The molecule has 0 heterocycles. The van der Waals surface area contributed by atoms with Crippen LogP contribution in [0.1, 0.15) is 18.1 Å². The molecular formula is C19H21F3N2O3. The standard InChI is InChI=1S/C19H21F3N2O3/c1-3-24(12-14-5-4-6-15(20)9-14)19(25)23-11-13-7-8-16(26-2)17(10-13)27-18(21)22/h4-10,18H,3,11-12H2,1-2H3,(H,23,25). The summed E-state index contributed by atoms with van der Waals surface area (Å²) in [6.07, 6.45) is 0. The van der Waals surface area contributed by atoms with E-state index in [9.17, 15) is 18.0 Å². The number of ether oxygens (including phenoxy) is 2. The van der Waals surface area contributed by atoms with Crippen LogP contribution in [-0.2, 0) is 13.1 Å². The van der Waals surface area contributed by atoms with Crippen molar-refractivity contribution in [1.29, 1.82) is 0 Å². The number of urea groups is 1. The summed E-state index contributed by atoms with van der Waals surface area (Å²) in [5.74, 6) is -0.299. The van der Waals surface area contributed by atoms with E-state index in [2.05, 4.69) is 10.1 Å². The molecule has 0 aromatic heterocycles. The highest BCUT2D eigenvalue weighted by atomic mass is 19.3. The van der Waals surface area contributed by atoms with Gasteiger partial charge < -0.3 is 19.7 Å². The number of halogens is 3. The summed E-state index contributed by atoms with van der Waals surface area (Å²) in [6, 6.07) is 10.2. The molecule has 1 N–H and O–H groups in total. The Kier molecular flexibility index (Phi) is 7.34. The van der Waals surface area contributed by atoms with E-state index in [-0.39, 0.29) is 36.4 Å². The second-order valence-corrected chi connectivity index (χ2v) is 5.67. The number of methoxy groups -OCH3 is 1. The molecule has 2 aromatic carbocycles. The van der Waals surface area contributed by atoms with Crippen LogP contribution in [0.2, 0.25) is 0 Å². The summed E-state index contributed by atoms with van der Waals surface area (Å²) in [5.41, 5.74) is 1.24. The number of nitrogens with zero attached hydrogens (tertiary/aromatic N) is 1. The summed E-state index contributed by atoms with van der Waals surface area (Å²) in [5, 5.41) is 2.71. The molecule has 0 bridgehead atoms. The highest BCUT2D eigenvalue weighted by Gasteiger charge is 2.14. The first kappa shape index (κ1) is 20.4. The minimum Gasteiger partial charge on any atom is -0.493 e. The van der Waals surface area contributed by atoms with Crippen molar-refractivity contribution in [1.82, 2.24) is 10.2 Å². The monoisotopic (exact) mass is 382 g/mol. The molecule has 2 amide bonds. The lowest BCUT2D eigenvalue weighted by Gasteiger charge is -2.22. The normalized spacial score (nSPS) is 10.6. The van der Waals surface area contributed by atoms with E-state index in [1.165, 1.54) is 36.3 Å². The van der Waals surface area contributed by atoms with Crippen molar-refractivity contribution < 1.29 is 27.4 Å². The topological polar surface area (TPSA) is 50.8 Å². The van der Waals surface area contributed by atoms with Gasteiger partial charge in [-0.1, -0.05) is 18.2 Å². The average molecular weight is 382 g/mol. The lowest BCUT2D eigenvalue weighted by Crippen LogP contribution is -2.39. The van der Waals surface area contributed by atoms with Crippen LogP contribution in [0.5, 0.6) is 11.5 Å². The van der Waals surface area contributed by atoms with E-state index in [1.54, 1.807) is 25.1 Å². The van der Waals surface area contributed by atoms with Crippen LogP contribution in [0.4, 0.5) is 18.0 Å². The van der Waals surface area contributed by atoms with Crippen LogP contribution in [0.15, 0.2) is 42.5 Å². The molecule has 0 fully saturated rings. The lowest BCUT2D eigenvalue weighted by molar-refractivity contribution is -0.0512. The second-order valence-electron chi connectivity index (χ2n) is 5.67. The molecule has 27 heavy (non-hydrogen) atoms. The molecule has 0 atom stereocenters. The molecule has 0 aliphatic carbocycles. The average Bonchev–Trinajstić information content (AvgIpc) is 2.64. The van der Waals surface area contributed by atoms with Crippen LogP contribution < -0.4 is 14.8 Å². The number of alkyl halides is 2. The first-order valence-electron chi connectivity index (χ1n) is 8.31. The van der Waals surface area contributed by atoms with E-state index < -0.39 is 6.61 Å². The third kappa shape index (κ3) is 6.09. The van der Waals surface area contributed by atoms with Crippen molar-refractivity contribution in [2.24, 2.45) is 0 Å². The van der Waals surface area contributed by atoms with Gasteiger partial charge in [0.25, 0.3) is 0 Å². The lowest BCUT2D eigenvalue weighted by atomic mass is 10.2. The zero-order valence-electron chi connectivity index (χ0n) is 15.0. The van der Waals surface area contributed by atoms with Gasteiger partial charge in [0.1, 0.15) is 5.82 Å². The Bertz CT molecular complexity index is 772. The van der Waals surface area contributed by atoms with E-state index in [1.807, 2.05) is 0 Å². The summed E-state index contributed by atoms with van der Waals surface area (Å²) in [4.78, 5) is 13.9. The molecule has 0 aliphatic heterocycles. The minimum absolute atomic E-state index is 0.105. The van der Waals surface area contributed by atoms with Crippen LogP contribution in [-0.4, -0.2) is 31.2 Å². The first-order chi connectivity index (χ1) is 12.9. The summed E-state index contributed by atoms with van der Waals surface area (Å²) < 4.78 is 47.7. The second kappa shape index (κ2) is 9.70. The third-order valence-electron chi connectivity index (χ3n) is 3.82. The Labute approximate surface area is 155 Å². The quantitative estimate of drug-likeness (QED) is 0.746. The number of carbonyl (C=O) groups excluding carboxylic acids is 1. The predicted octanol–water partition coefficient (Wildman–Crippen LogP) is 4.17. The molecule has 0 radical (unpaired) electrons. The zero-order chi connectivity index (χ0) is 19.8. The Hall–Kier alpha value is -2.90. The smallest absolute Gasteiger partial charge is 0.387 e. The number of rotatable bonds is 8. The Morgan fingerprint density at radius 3 is 2.56 bits per heavy atom. The number of amides is 2. The Morgan fingerprint density at radius 2 is 1.93 bits per heavy atom. The third-order valence-corrected chi connectivity index (χ3v) is 3.82. The van der Waals surface area contributed by atoms with E-state index in [0.29, 0.717) is 17.7 Å². The van der Waals surface area contributed by atoms with Crippen molar-refractivity contribution in [3.63, 3.8) is 0 Å². The number of carbonyl (C=O) groups is 1. The van der Waals surface area contributed by atoms with Gasteiger partial charge in [-0.2, -0.15) is 8.78 Å². The maximum Gasteiger partial charge on any atom is 0.387 e. The highest BCUT2D eigenvalue weighted by molar-refractivity contribution is 5.74. The molecule has 146 valence electrons. The minimum atomic E-state index is -2.98. The molecule has 0 saturated heterocycles. The maximum absolute atomic E-state index is 13.3. The molecule has 2 aromatic rings. The van der Waals surface area contributed by atoms with E-state index in [4.69, 9.17) is 4.74 Å². The first-order valence-corrected chi connectivity index (χ1v) is 8.31. The van der Waals surface area contributed by atoms with Gasteiger partial charge in [0.2, 0.25) is 0 Å². The number of hydrogen-bond donors (Lipinski definition) is 1. The molecule has 0 unspecified atom stereocenters. The van der Waals surface area contributed by atoms with Crippen LogP contribution in [0.25, 0.3) is 0 Å². The SMILES string of the molecule is CCN(Cc1cccc(F)c1)C(=O)NCc1ccc(OC)c(OC(F)F)c1. The van der Waals surface area contributed by atoms with Crippen molar-refractivity contribution in [3.8, 4) is 11.5 Å². The number of benzene rings is 2. The number of nitrogens with one attached hydrogen (secondary N) is 1.